The minimum absolute atomic E-state index is 0.112. The summed E-state index contributed by atoms with van der Waals surface area (Å²) in [6.45, 7) is 1.06. The predicted molar refractivity (Wildman–Crippen MR) is 118 cm³/mol. The van der Waals surface area contributed by atoms with Gasteiger partial charge < -0.3 is 14.8 Å². The SMILES string of the molecule is CNC(=O)c1ccc(CN(C)C(=O)/C=C/c2cn(CCC#N)c3ccccc23)cc1. The van der Waals surface area contributed by atoms with E-state index in [9.17, 15) is 9.59 Å². The van der Waals surface area contributed by atoms with Crippen LogP contribution in [0.5, 0.6) is 0 Å². The molecule has 6 nitrogen and oxygen atoms in total. The summed E-state index contributed by atoms with van der Waals surface area (Å²) in [6.07, 6.45) is 5.79. The molecule has 152 valence electrons. The van der Waals surface area contributed by atoms with E-state index in [4.69, 9.17) is 5.26 Å². The van der Waals surface area contributed by atoms with E-state index in [1.165, 1.54) is 0 Å². The highest BCUT2D eigenvalue weighted by atomic mass is 16.2. The third-order valence-electron chi connectivity index (χ3n) is 4.93. The number of benzene rings is 2. The number of amides is 2. The number of likely N-dealkylation sites (N-methyl/N-ethyl adjacent to an activating group) is 1. The molecule has 0 aliphatic heterocycles. The summed E-state index contributed by atoms with van der Waals surface area (Å²) < 4.78 is 2.04. The quantitative estimate of drug-likeness (QED) is 0.616. The van der Waals surface area contributed by atoms with Crippen molar-refractivity contribution in [2.24, 2.45) is 0 Å². The molecule has 3 rings (SSSR count). The van der Waals surface area contributed by atoms with Crippen molar-refractivity contribution in [2.75, 3.05) is 14.1 Å². The molecule has 0 spiro atoms. The average Bonchev–Trinajstić information content (AvgIpc) is 3.13. The summed E-state index contributed by atoms with van der Waals surface area (Å²) in [5.74, 6) is -0.248. The zero-order chi connectivity index (χ0) is 21.5. The van der Waals surface area contributed by atoms with Crippen molar-refractivity contribution in [3.05, 3.63) is 77.5 Å². The molecule has 3 aromatic rings. The van der Waals surface area contributed by atoms with Crippen molar-refractivity contribution in [1.29, 1.82) is 5.26 Å². The van der Waals surface area contributed by atoms with Gasteiger partial charge in [-0.1, -0.05) is 30.3 Å². The number of nitriles is 1. The minimum Gasteiger partial charge on any atom is -0.355 e. The third kappa shape index (κ3) is 4.76. The number of hydrogen-bond acceptors (Lipinski definition) is 3. The average molecular weight is 400 g/mol. The van der Waals surface area contributed by atoms with Crippen LogP contribution in [0.2, 0.25) is 0 Å². The molecular formula is C24H24N4O2. The van der Waals surface area contributed by atoms with E-state index in [1.807, 2.05) is 53.2 Å². The maximum Gasteiger partial charge on any atom is 0.251 e. The Morgan fingerprint density at radius 3 is 2.60 bits per heavy atom. The van der Waals surface area contributed by atoms with Crippen molar-refractivity contribution < 1.29 is 9.59 Å². The third-order valence-corrected chi connectivity index (χ3v) is 4.93. The van der Waals surface area contributed by atoms with E-state index in [1.54, 1.807) is 37.2 Å². The molecule has 0 radical (unpaired) electrons. The molecule has 0 bridgehead atoms. The van der Waals surface area contributed by atoms with Crippen LogP contribution in [-0.4, -0.2) is 35.4 Å². The van der Waals surface area contributed by atoms with Crippen LogP contribution in [0, 0.1) is 11.3 Å². The van der Waals surface area contributed by atoms with Gasteiger partial charge >= 0.3 is 0 Å². The number of aryl methyl sites for hydroxylation is 1. The van der Waals surface area contributed by atoms with Crippen molar-refractivity contribution in [3.63, 3.8) is 0 Å². The number of nitrogens with one attached hydrogen (secondary N) is 1. The zero-order valence-electron chi connectivity index (χ0n) is 17.1. The Morgan fingerprint density at radius 2 is 1.90 bits per heavy atom. The smallest absolute Gasteiger partial charge is 0.251 e. The van der Waals surface area contributed by atoms with Crippen LogP contribution >= 0.6 is 0 Å². The highest BCUT2D eigenvalue weighted by Gasteiger charge is 2.09. The maximum absolute atomic E-state index is 12.6. The van der Waals surface area contributed by atoms with Crippen LogP contribution in [0.15, 0.2) is 60.8 Å². The number of carbonyl (C=O) groups is 2. The number of rotatable bonds is 7. The van der Waals surface area contributed by atoms with E-state index in [0.717, 1.165) is 22.0 Å². The van der Waals surface area contributed by atoms with E-state index >= 15 is 0 Å². The Kier molecular flexibility index (Phi) is 6.66. The summed E-state index contributed by atoms with van der Waals surface area (Å²) in [4.78, 5) is 25.8. The van der Waals surface area contributed by atoms with Gasteiger partial charge in [0.1, 0.15) is 0 Å². The normalized spacial score (nSPS) is 10.8. The number of carbonyl (C=O) groups excluding carboxylic acids is 2. The van der Waals surface area contributed by atoms with E-state index in [-0.39, 0.29) is 11.8 Å². The number of aromatic nitrogens is 1. The van der Waals surface area contributed by atoms with Gasteiger partial charge in [-0.2, -0.15) is 5.26 Å². The molecule has 2 aromatic carbocycles. The fourth-order valence-corrected chi connectivity index (χ4v) is 3.31. The first kappa shape index (κ1) is 20.9. The maximum atomic E-state index is 12.6. The predicted octanol–water partition coefficient (Wildman–Crippen LogP) is 3.59. The molecule has 0 saturated heterocycles. The van der Waals surface area contributed by atoms with Gasteiger partial charge in [0.2, 0.25) is 5.91 Å². The molecule has 30 heavy (non-hydrogen) atoms. The molecule has 2 amide bonds. The molecule has 0 aliphatic rings. The first-order valence-electron chi connectivity index (χ1n) is 9.72. The Balaban J connectivity index is 1.71. The summed E-state index contributed by atoms with van der Waals surface area (Å²) in [5, 5.41) is 12.5. The number of para-hydroxylation sites is 1. The lowest BCUT2D eigenvalue weighted by atomic mass is 10.1. The fraction of sp³-hybridized carbons (Fsp3) is 0.208. The van der Waals surface area contributed by atoms with Gasteiger partial charge in [-0.05, 0) is 29.8 Å². The molecule has 0 aliphatic carbocycles. The Morgan fingerprint density at radius 1 is 1.17 bits per heavy atom. The number of fused-ring (bicyclic) bond motifs is 1. The van der Waals surface area contributed by atoms with E-state index < -0.39 is 0 Å². The lowest BCUT2D eigenvalue weighted by Gasteiger charge is -2.15. The van der Waals surface area contributed by atoms with Crippen molar-refractivity contribution in [1.82, 2.24) is 14.8 Å². The number of hydrogen-bond donors (Lipinski definition) is 1. The molecule has 0 fully saturated rings. The van der Waals surface area contributed by atoms with Crippen LogP contribution in [0.4, 0.5) is 0 Å². The van der Waals surface area contributed by atoms with Gasteiger partial charge in [-0.15, -0.1) is 0 Å². The summed E-state index contributed by atoms with van der Waals surface area (Å²) in [7, 11) is 3.34. The molecule has 0 unspecified atom stereocenters. The monoisotopic (exact) mass is 400 g/mol. The second-order valence-corrected chi connectivity index (χ2v) is 7.01. The Bertz CT molecular complexity index is 1120. The van der Waals surface area contributed by atoms with Crippen molar-refractivity contribution >= 4 is 28.8 Å². The topological polar surface area (TPSA) is 78.1 Å². The highest BCUT2D eigenvalue weighted by Crippen LogP contribution is 2.23. The summed E-state index contributed by atoms with van der Waals surface area (Å²) in [5.41, 5.74) is 3.52. The molecule has 1 heterocycles. The van der Waals surface area contributed by atoms with Gasteiger partial charge in [-0.3, -0.25) is 9.59 Å². The molecule has 6 heteroatoms. The first-order chi connectivity index (χ1) is 14.5. The van der Waals surface area contributed by atoms with Gasteiger partial charge in [-0.25, -0.2) is 0 Å². The Hall–Kier alpha value is -3.85. The van der Waals surface area contributed by atoms with Crippen molar-refractivity contribution in [2.45, 2.75) is 19.5 Å². The first-order valence-corrected chi connectivity index (χ1v) is 9.72. The lowest BCUT2D eigenvalue weighted by Crippen LogP contribution is -2.24. The minimum atomic E-state index is -0.136. The van der Waals surface area contributed by atoms with Gasteiger partial charge in [0, 0.05) is 61.5 Å². The highest BCUT2D eigenvalue weighted by molar-refractivity contribution is 5.96. The molecule has 1 aromatic heterocycles. The second kappa shape index (κ2) is 9.57. The van der Waals surface area contributed by atoms with Crippen molar-refractivity contribution in [3.8, 4) is 6.07 Å². The number of nitrogens with zero attached hydrogens (tertiary/aromatic N) is 3. The van der Waals surface area contributed by atoms with Crippen LogP contribution in [0.1, 0.15) is 27.9 Å². The fourth-order valence-electron chi connectivity index (χ4n) is 3.31. The molecule has 0 atom stereocenters. The second-order valence-electron chi connectivity index (χ2n) is 7.01. The van der Waals surface area contributed by atoms with Gasteiger partial charge in [0.25, 0.3) is 5.91 Å². The van der Waals surface area contributed by atoms with Gasteiger partial charge in [0.15, 0.2) is 0 Å². The van der Waals surface area contributed by atoms with E-state index in [0.29, 0.717) is 25.1 Å². The standard InChI is InChI=1S/C24H24N4O2/c1-26-24(30)19-10-8-18(9-11-19)16-27(2)23(29)13-12-20-17-28(15-5-14-25)22-7-4-3-6-21(20)22/h3-4,6-13,17H,5,15-16H2,1-2H3,(H,26,30)/b13-12+. The summed E-state index contributed by atoms with van der Waals surface area (Å²) in [6, 6.07) is 17.3. The van der Waals surface area contributed by atoms with Gasteiger partial charge in [0.05, 0.1) is 12.5 Å². The molecule has 1 N–H and O–H groups in total. The summed E-state index contributed by atoms with van der Waals surface area (Å²) >= 11 is 0. The van der Waals surface area contributed by atoms with E-state index in [2.05, 4.69) is 11.4 Å². The van der Waals surface area contributed by atoms with Crippen LogP contribution in [0.3, 0.4) is 0 Å². The Labute approximate surface area is 176 Å². The zero-order valence-corrected chi connectivity index (χ0v) is 17.1. The largest absolute Gasteiger partial charge is 0.355 e. The lowest BCUT2D eigenvalue weighted by molar-refractivity contribution is -0.125. The molecular weight excluding hydrogens is 376 g/mol. The molecule has 0 saturated carbocycles. The van der Waals surface area contributed by atoms with Crippen LogP contribution < -0.4 is 5.32 Å². The van der Waals surface area contributed by atoms with Crippen LogP contribution in [-0.2, 0) is 17.9 Å². The van der Waals surface area contributed by atoms with Crippen LogP contribution in [0.25, 0.3) is 17.0 Å².